The molecule has 0 unspecified atom stereocenters. The summed E-state index contributed by atoms with van der Waals surface area (Å²) in [6.07, 6.45) is 5.26. The van der Waals surface area contributed by atoms with Crippen molar-refractivity contribution >= 4 is 17.8 Å². The Morgan fingerprint density at radius 1 is 1.24 bits per heavy atom. The third kappa shape index (κ3) is 4.21. The van der Waals surface area contributed by atoms with E-state index in [9.17, 15) is 9.59 Å². The van der Waals surface area contributed by atoms with Crippen molar-refractivity contribution in [1.82, 2.24) is 0 Å². The minimum atomic E-state index is -0.491. The fraction of sp³-hybridized carbons (Fsp3) is 0.500. The van der Waals surface area contributed by atoms with Gasteiger partial charge in [0, 0.05) is 12.3 Å². The van der Waals surface area contributed by atoms with Crippen LogP contribution in [0.15, 0.2) is 18.7 Å². The van der Waals surface area contributed by atoms with Crippen LogP contribution in [0, 0.1) is 11.8 Å². The number of benzene rings is 1. The summed E-state index contributed by atoms with van der Waals surface area (Å²) in [7, 11) is 4.51. The number of esters is 1. The summed E-state index contributed by atoms with van der Waals surface area (Å²) in [5.41, 5.74) is 1.75. The van der Waals surface area contributed by atoms with Crippen molar-refractivity contribution in [3.8, 4) is 11.5 Å². The van der Waals surface area contributed by atoms with E-state index in [1.165, 1.54) is 7.11 Å². The lowest BCUT2D eigenvalue weighted by atomic mass is 9.76. The van der Waals surface area contributed by atoms with Crippen LogP contribution in [0.3, 0.4) is 0 Å². The van der Waals surface area contributed by atoms with Gasteiger partial charge in [-0.25, -0.2) is 0 Å². The minimum absolute atomic E-state index is 0.155. The fourth-order valence-electron chi connectivity index (χ4n) is 3.52. The van der Waals surface area contributed by atoms with E-state index in [1.54, 1.807) is 20.3 Å². The fourth-order valence-corrected chi connectivity index (χ4v) is 3.52. The van der Waals surface area contributed by atoms with Crippen LogP contribution in [-0.4, -0.2) is 33.1 Å². The van der Waals surface area contributed by atoms with Crippen LogP contribution in [0.2, 0.25) is 0 Å². The van der Waals surface area contributed by atoms with Crippen LogP contribution >= 0.6 is 0 Å². The predicted molar refractivity (Wildman–Crippen MR) is 95.8 cm³/mol. The summed E-state index contributed by atoms with van der Waals surface area (Å²) in [6, 6.07) is 3.68. The van der Waals surface area contributed by atoms with Gasteiger partial charge in [0.15, 0.2) is 11.5 Å². The molecule has 2 atom stereocenters. The van der Waals surface area contributed by atoms with Crippen LogP contribution in [-0.2, 0) is 20.7 Å². The highest BCUT2D eigenvalue weighted by Crippen LogP contribution is 2.35. The lowest BCUT2D eigenvalue weighted by molar-refractivity contribution is -0.150. The molecule has 1 saturated carbocycles. The zero-order chi connectivity index (χ0) is 18.4. The molecule has 0 aromatic heterocycles. The molecule has 0 heterocycles. The van der Waals surface area contributed by atoms with Crippen molar-refractivity contribution in [2.75, 3.05) is 21.3 Å². The molecule has 2 rings (SSSR count). The van der Waals surface area contributed by atoms with Gasteiger partial charge in [0.05, 0.1) is 27.2 Å². The van der Waals surface area contributed by atoms with Crippen LogP contribution in [0.1, 0.15) is 36.8 Å². The Hall–Kier alpha value is -2.30. The second kappa shape index (κ2) is 8.70. The van der Waals surface area contributed by atoms with Crippen LogP contribution in [0.25, 0.3) is 6.08 Å². The first kappa shape index (κ1) is 19.0. The molecule has 0 amide bonds. The molecule has 1 aliphatic rings. The number of rotatable bonds is 7. The van der Waals surface area contributed by atoms with Crippen LogP contribution in [0.5, 0.6) is 11.5 Å². The summed E-state index contributed by atoms with van der Waals surface area (Å²) in [4.78, 5) is 24.7. The normalized spacial score (nSPS) is 18.4. The van der Waals surface area contributed by atoms with E-state index in [-0.39, 0.29) is 17.7 Å². The second-order valence-electron chi connectivity index (χ2n) is 6.26. The zero-order valence-corrected chi connectivity index (χ0v) is 15.2. The van der Waals surface area contributed by atoms with Crippen LogP contribution in [0.4, 0.5) is 0 Å². The van der Waals surface area contributed by atoms with Gasteiger partial charge in [-0.3, -0.25) is 9.59 Å². The quantitative estimate of drug-likeness (QED) is 0.708. The Bertz CT molecular complexity index is 650. The zero-order valence-electron chi connectivity index (χ0n) is 15.2. The Morgan fingerprint density at radius 2 is 1.92 bits per heavy atom. The van der Waals surface area contributed by atoms with Gasteiger partial charge in [-0.1, -0.05) is 19.1 Å². The average molecular weight is 346 g/mol. The van der Waals surface area contributed by atoms with Gasteiger partial charge in [0.2, 0.25) is 0 Å². The van der Waals surface area contributed by atoms with E-state index >= 15 is 0 Å². The van der Waals surface area contributed by atoms with Gasteiger partial charge in [-0.2, -0.15) is 0 Å². The summed E-state index contributed by atoms with van der Waals surface area (Å²) < 4.78 is 15.7. The van der Waals surface area contributed by atoms with E-state index in [4.69, 9.17) is 14.2 Å². The highest BCUT2D eigenvalue weighted by atomic mass is 16.5. The highest BCUT2D eigenvalue weighted by molar-refractivity contribution is 5.87. The van der Waals surface area contributed by atoms with Gasteiger partial charge in [0.1, 0.15) is 5.78 Å². The summed E-state index contributed by atoms with van der Waals surface area (Å²) in [5.74, 6) is 0.222. The number of ketones is 1. The van der Waals surface area contributed by atoms with Crippen molar-refractivity contribution in [2.24, 2.45) is 11.8 Å². The molecule has 1 aromatic rings. The number of hydrogen-bond donors (Lipinski definition) is 0. The summed E-state index contributed by atoms with van der Waals surface area (Å²) in [5, 5.41) is 0. The number of methoxy groups -OCH3 is 3. The molecule has 5 heteroatoms. The van der Waals surface area contributed by atoms with Crippen molar-refractivity contribution in [2.45, 2.75) is 32.1 Å². The van der Waals surface area contributed by atoms with E-state index in [1.807, 2.05) is 12.1 Å². The van der Waals surface area contributed by atoms with Crippen molar-refractivity contribution in [3.63, 3.8) is 0 Å². The molecule has 136 valence electrons. The predicted octanol–water partition coefficient (Wildman–Crippen LogP) is 3.44. The average Bonchev–Trinajstić information content (AvgIpc) is 2.65. The van der Waals surface area contributed by atoms with E-state index < -0.39 is 5.92 Å². The maximum Gasteiger partial charge on any atom is 0.309 e. The van der Waals surface area contributed by atoms with E-state index in [2.05, 4.69) is 6.58 Å². The number of carbonyl (C=O) groups is 2. The smallest absolute Gasteiger partial charge is 0.309 e. The molecule has 0 bridgehead atoms. The number of carbonyl (C=O) groups excluding carboxylic acids is 2. The topological polar surface area (TPSA) is 61.8 Å². The molecule has 0 saturated heterocycles. The Balaban J connectivity index is 2.39. The number of ether oxygens (including phenoxy) is 3. The lowest BCUT2D eigenvalue weighted by Gasteiger charge is -2.28. The Labute approximate surface area is 149 Å². The highest BCUT2D eigenvalue weighted by Gasteiger charge is 2.36. The standard InChI is InChI=1S/C20H26O5/c1-5-13-11-18(23-2)19(24-3)12-14(13)10-16(20(22)25-4)15-8-6-7-9-17(15)21/h5,11-12,15-16H,1,6-10H2,2-4H3/t15-,16-/m1/s1. The lowest BCUT2D eigenvalue weighted by Crippen LogP contribution is -2.34. The van der Waals surface area contributed by atoms with Gasteiger partial charge >= 0.3 is 5.97 Å². The largest absolute Gasteiger partial charge is 0.493 e. The van der Waals surface area contributed by atoms with Crippen molar-refractivity contribution in [1.29, 1.82) is 0 Å². The monoisotopic (exact) mass is 346 g/mol. The molecule has 0 spiro atoms. The molecular formula is C20H26O5. The molecule has 1 aromatic carbocycles. The molecular weight excluding hydrogens is 320 g/mol. The third-order valence-corrected chi connectivity index (χ3v) is 4.90. The molecule has 1 fully saturated rings. The van der Waals surface area contributed by atoms with Crippen molar-refractivity contribution in [3.05, 3.63) is 29.8 Å². The third-order valence-electron chi connectivity index (χ3n) is 4.90. The molecule has 25 heavy (non-hydrogen) atoms. The molecule has 0 aliphatic heterocycles. The molecule has 5 nitrogen and oxygen atoms in total. The maximum atomic E-state index is 12.4. The van der Waals surface area contributed by atoms with Gasteiger partial charge in [0.25, 0.3) is 0 Å². The number of Topliss-reactive ketones (excluding diaryl/α,β-unsaturated/α-hetero) is 1. The van der Waals surface area contributed by atoms with Crippen molar-refractivity contribution < 1.29 is 23.8 Å². The van der Waals surface area contributed by atoms with E-state index in [0.29, 0.717) is 24.3 Å². The minimum Gasteiger partial charge on any atom is -0.493 e. The molecule has 1 aliphatic carbocycles. The molecule has 0 radical (unpaired) electrons. The Morgan fingerprint density at radius 3 is 2.48 bits per heavy atom. The summed E-state index contributed by atoms with van der Waals surface area (Å²) >= 11 is 0. The van der Waals surface area contributed by atoms with E-state index in [0.717, 1.165) is 30.4 Å². The SMILES string of the molecule is C=Cc1cc(OC)c(OC)cc1C[C@@H](C(=O)OC)[C@H]1CCCCC1=O. The van der Waals surface area contributed by atoms with Gasteiger partial charge in [-0.15, -0.1) is 0 Å². The first-order valence-electron chi connectivity index (χ1n) is 8.53. The van der Waals surface area contributed by atoms with Crippen LogP contribution < -0.4 is 9.47 Å². The first-order chi connectivity index (χ1) is 12.0. The van der Waals surface area contributed by atoms with Gasteiger partial charge in [-0.05, 0) is 42.5 Å². The Kier molecular flexibility index (Phi) is 6.62. The van der Waals surface area contributed by atoms with Gasteiger partial charge < -0.3 is 14.2 Å². The summed E-state index contributed by atoms with van der Waals surface area (Å²) in [6.45, 7) is 3.84. The number of hydrogen-bond acceptors (Lipinski definition) is 5. The first-order valence-corrected chi connectivity index (χ1v) is 8.53. The maximum absolute atomic E-state index is 12.4. The molecule has 0 N–H and O–H groups in total. The second-order valence-corrected chi connectivity index (χ2v) is 6.26.